The largest absolute Gasteiger partial charge is 0.378 e. The Kier molecular flexibility index (Phi) is 5.32. The van der Waals surface area contributed by atoms with Crippen molar-refractivity contribution < 1.29 is 9.53 Å². The number of methoxy groups -OCH3 is 1. The first kappa shape index (κ1) is 14.8. The van der Waals surface area contributed by atoms with Gasteiger partial charge in [0.25, 0.3) is 0 Å². The zero-order chi connectivity index (χ0) is 14.4. The lowest BCUT2D eigenvalue weighted by atomic mass is 9.95. The van der Waals surface area contributed by atoms with Crippen LogP contribution in [0.1, 0.15) is 17.9 Å². The molecule has 0 radical (unpaired) electrons. The van der Waals surface area contributed by atoms with Crippen LogP contribution in [0.4, 0.5) is 0 Å². The Balaban J connectivity index is 1.91. The summed E-state index contributed by atoms with van der Waals surface area (Å²) >= 11 is 0. The molecule has 0 spiro atoms. The van der Waals surface area contributed by atoms with Gasteiger partial charge in [-0.2, -0.15) is 0 Å². The van der Waals surface area contributed by atoms with Gasteiger partial charge in [0, 0.05) is 32.5 Å². The van der Waals surface area contributed by atoms with Gasteiger partial charge in [0.05, 0.1) is 12.1 Å². The second kappa shape index (κ2) is 7.22. The molecule has 1 aliphatic heterocycles. The summed E-state index contributed by atoms with van der Waals surface area (Å²) in [5.41, 5.74) is 1.12. The van der Waals surface area contributed by atoms with Crippen LogP contribution in [0.3, 0.4) is 0 Å². The van der Waals surface area contributed by atoms with Gasteiger partial charge in [-0.25, -0.2) is 0 Å². The lowest BCUT2D eigenvalue weighted by Crippen LogP contribution is -2.43. The number of benzene rings is 1. The molecule has 0 bridgehead atoms. The summed E-state index contributed by atoms with van der Waals surface area (Å²) in [5, 5.41) is 6.26. The van der Waals surface area contributed by atoms with Crippen molar-refractivity contribution in [1.82, 2.24) is 10.6 Å². The van der Waals surface area contributed by atoms with Gasteiger partial charge in [-0.15, -0.1) is 6.58 Å². The molecule has 1 aromatic rings. The minimum Gasteiger partial charge on any atom is -0.378 e. The van der Waals surface area contributed by atoms with E-state index in [2.05, 4.69) is 17.2 Å². The molecule has 1 aromatic carbocycles. The molecule has 4 nitrogen and oxygen atoms in total. The number of nitrogens with one attached hydrogen (secondary N) is 2. The monoisotopic (exact) mass is 274 g/mol. The van der Waals surface area contributed by atoms with E-state index in [1.807, 2.05) is 36.4 Å². The number of hydrogen-bond donors (Lipinski definition) is 2. The van der Waals surface area contributed by atoms with Gasteiger partial charge in [0.15, 0.2) is 0 Å². The lowest BCUT2D eigenvalue weighted by Gasteiger charge is -2.20. The summed E-state index contributed by atoms with van der Waals surface area (Å²) in [5.74, 6) is 0.0843. The maximum Gasteiger partial charge on any atom is 0.221 e. The molecule has 0 unspecified atom stereocenters. The van der Waals surface area contributed by atoms with E-state index in [0.717, 1.165) is 18.7 Å². The van der Waals surface area contributed by atoms with E-state index in [9.17, 15) is 4.79 Å². The molecule has 1 amide bonds. The van der Waals surface area contributed by atoms with Gasteiger partial charge in [-0.1, -0.05) is 36.4 Å². The van der Waals surface area contributed by atoms with E-state index in [-0.39, 0.29) is 24.0 Å². The Bertz CT molecular complexity index is 447. The Morgan fingerprint density at radius 3 is 2.90 bits per heavy atom. The van der Waals surface area contributed by atoms with Crippen molar-refractivity contribution in [3.8, 4) is 0 Å². The third kappa shape index (κ3) is 3.68. The van der Waals surface area contributed by atoms with Crippen LogP contribution in [0.2, 0.25) is 0 Å². The number of hydrogen-bond acceptors (Lipinski definition) is 3. The molecule has 0 aliphatic carbocycles. The van der Waals surface area contributed by atoms with Gasteiger partial charge < -0.3 is 15.4 Å². The maximum atomic E-state index is 12.2. The second-order valence-electron chi connectivity index (χ2n) is 5.06. The molecule has 20 heavy (non-hydrogen) atoms. The van der Waals surface area contributed by atoms with E-state index < -0.39 is 0 Å². The van der Waals surface area contributed by atoms with Crippen molar-refractivity contribution in [2.24, 2.45) is 0 Å². The van der Waals surface area contributed by atoms with Crippen LogP contribution < -0.4 is 10.6 Å². The normalized spacial score (nSPS) is 23.2. The average Bonchev–Trinajstić information content (AvgIpc) is 2.92. The minimum atomic E-state index is 0.0366. The van der Waals surface area contributed by atoms with Gasteiger partial charge in [-0.3, -0.25) is 4.79 Å². The molecule has 1 aliphatic rings. The summed E-state index contributed by atoms with van der Waals surface area (Å²) in [7, 11) is 1.67. The average molecular weight is 274 g/mol. The third-order valence-corrected chi connectivity index (χ3v) is 3.73. The van der Waals surface area contributed by atoms with E-state index in [1.54, 1.807) is 7.11 Å². The van der Waals surface area contributed by atoms with Crippen molar-refractivity contribution in [2.75, 3.05) is 20.2 Å². The Hall–Kier alpha value is -1.65. The van der Waals surface area contributed by atoms with Crippen LogP contribution in [-0.2, 0) is 9.53 Å². The fourth-order valence-corrected chi connectivity index (χ4v) is 2.55. The Morgan fingerprint density at radius 1 is 1.50 bits per heavy atom. The zero-order valence-corrected chi connectivity index (χ0v) is 11.8. The van der Waals surface area contributed by atoms with Crippen LogP contribution in [0.15, 0.2) is 43.0 Å². The van der Waals surface area contributed by atoms with Crippen LogP contribution >= 0.6 is 0 Å². The van der Waals surface area contributed by atoms with Gasteiger partial charge in [0.1, 0.15) is 0 Å². The SMILES string of the molecule is C=C[C@H](CC(=O)N[C@H]1CNC[C@@H]1OC)c1ccccc1. The Morgan fingerprint density at radius 2 is 2.25 bits per heavy atom. The zero-order valence-electron chi connectivity index (χ0n) is 11.8. The molecule has 1 fully saturated rings. The lowest BCUT2D eigenvalue weighted by molar-refractivity contribution is -0.122. The Labute approximate surface area is 120 Å². The van der Waals surface area contributed by atoms with Crippen LogP contribution in [0.5, 0.6) is 0 Å². The molecule has 108 valence electrons. The molecule has 0 saturated carbocycles. The van der Waals surface area contributed by atoms with Crippen LogP contribution in [-0.4, -0.2) is 38.3 Å². The van der Waals surface area contributed by atoms with Gasteiger partial charge >= 0.3 is 0 Å². The number of rotatable bonds is 6. The highest BCUT2D eigenvalue weighted by molar-refractivity contribution is 5.77. The number of allylic oxidation sites excluding steroid dienone is 1. The third-order valence-electron chi connectivity index (χ3n) is 3.73. The van der Waals surface area contributed by atoms with Crippen molar-refractivity contribution in [2.45, 2.75) is 24.5 Å². The molecular weight excluding hydrogens is 252 g/mol. The predicted molar refractivity (Wildman–Crippen MR) is 79.6 cm³/mol. The summed E-state index contributed by atoms with van der Waals surface area (Å²) in [6, 6.07) is 10.0. The summed E-state index contributed by atoms with van der Waals surface area (Å²) in [6.45, 7) is 5.38. The van der Waals surface area contributed by atoms with Crippen molar-refractivity contribution in [3.05, 3.63) is 48.6 Å². The van der Waals surface area contributed by atoms with Crippen LogP contribution in [0, 0.1) is 0 Å². The first-order valence-electron chi connectivity index (χ1n) is 6.95. The van der Waals surface area contributed by atoms with E-state index in [4.69, 9.17) is 4.74 Å². The van der Waals surface area contributed by atoms with E-state index in [1.165, 1.54) is 0 Å². The topological polar surface area (TPSA) is 50.4 Å². The van der Waals surface area contributed by atoms with Gasteiger partial charge in [0.2, 0.25) is 5.91 Å². The molecule has 2 N–H and O–H groups in total. The first-order chi connectivity index (χ1) is 9.74. The van der Waals surface area contributed by atoms with E-state index >= 15 is 0 Å². The molecule has 3 atom stereocenters. The summed E-state index contributed by atoms with van der Waals surface area (Å²) < 4.78 is 5.34. The quantitative estimate of drug-likeness (QED) is 0.772. The molecular formula is C16H22N2O2. The van der Waals surface area contributed by atoms with Crippen LogP contribution in [0.25, 0.3) is 0 Å². The number of amides is 1. The molecule has 2 rings (SSSR count). The highest BCUT2D eigenvalue weighted by atomic mass is 16.5. The predicted octanol–water partition coefficient (Wildman–Crippen LogP) is 1.45. The highest BCUT2D eigenvalue weighted by Crippen LogP contribution is 2.20. The summed E-state index contributed by atoms with van der Waals surface area (Å²) in [4.78, 5) is 12.2. The number of carbonyl (C=O) groups is 1. The van der Waals surface area contributed by atoms with Crippen molar-refractivity contribution in [3.63, 3.8) is 0 Å². The second-order valence-corrected chi connectivity index (χ2v) is 5.06. The molecule has 1 heterocycles. The smallest absolute Gasteiger partial charge is 0.221 e. The first-order valence-corrected chi connectivity index (χ1v) is 6.95. The van der Waals surface area contributed by atoms with Crippen molar-refractivity contribution in [1.29, 1.82) is 0 Å². The highest BCUT2D eigenvalue weighted by Gasteiger charge is 2.28. The van der Waals surface area contributed by atoms with E-state index in [0.29, 0.717) is 6.42 Å². The number of carbonyl (C=O) groups excluding carboxylic acids is 1. The standard InChI is InChI=1S/C16H22N2O2/c1-3-12(13-7-5-4-6-8-13)9-16(19)18-14-10-17-11-15(14)20-2/h3-8,12,14-15,17H,1,9-11H2,2H3,(H,18,19)/t12-,14+,15+/m1/s1. The minimum absolute atomic E-state index is 0.0366. The molecule has 0 aromatic heterocycles. The number of ether oxygens (including phenoxy) is 1. The van der Waals surface area contributed by atoms with Gasteiger partial charge in [-0.05, 0) is 5.56 Å². The fourth-order valence-electron chi connectivity index (χ4n) is 2.55. The summed E-state index contributed by atoms with van der Waals surface area (Å²) in [6.07, 6.45) is 2.30. The molecule has 4 heteroatoms. The maximum absolute atomic E-state index is 12.2. The molecule has 1 saturated heterocycles. The van der Waals surface area contributed by atoms with Crippen molar-refractivity contribution >= 4 is 5.91 Å². The fraction of sp³-hybridized carbons (Fsp3) is 0.438.